The second-order valence-corrected chi connectivity index (χ2v) is 9.22. The normalized spacial score (nSPS) is 11.0. The highest BCUT2D eigenvalue weighted by molar-refractivity contribution is 7.17. The van der Waals surface area contributed by atoms with Crippen LogP contribution in [0.1, 0.15) is 33.0 Å². The van der Waals surface area contributed by atoms with Gasteiger partial charge in [-0.2, -0.15) is 0 Å². The molecule has 30 heavy (non-hydrogen) atoms. The number of hydrogen-bond acceptors (Lipinski definition) is 6. The van der Waals surface area contributed by atoms with E-state index in [1.165, 1.54) is 17.7 Å². The van der Waals surface area contributed by atoms with Gasteiger partial charge < -0.3 is 0 Å². The highest BCUT2D eigenvalue weighted by atomic mass is 32.1. The van der Waals surface area contributed by atoms with Crippen LogP contribution in [0.25, 0.3) is 21.3 Å². The summed E-state index contributed by atoms with van der Waals surface area (Å²) >= 11 is 2.95. The molecular formula is C22H19N3O3S2. The standard InChI is InChI=1S/C22H19N3O3S2/c1-13-10-16(14(2)30-13)18(26)8-9-19(27)24-25-12-23-21-20(22(25)28)17(11-29-21)15-6-4-3-5-7-15/h3-7,10-12H,8-9H2,1-2H3,(H,24,27). The Bertz CT molecular complexity index is 1300. The van der Waals surface area contributed by atoms with Crippen molar-refractivity contribution in [1.82, 2.24) is 9.66 Å². The lowest BCUT2D eigenvalue weighted by atomic mass is 10.1. The molecule has 1 aromatic carbocycles. The van der Waals surface area contributed by atoms with E-state index in [0.717, 1.165) is 25.6 Å². The number of Topliss-reactive ketones (excluding diaryl/α,β-unsaturated/α-hetero) is 1. The summed E-state index contributed by atoms with van der Waals surface area (Å²) in [6.45, 7) is 3.85. The van der Waals surface area contributed by atoms with Crippen molar-refractivity contribution < 1.29 is 9.59 Å². The number of aromatic nitrogens is 2. The molecule has 6 nitrogen and oxygen atoms in total. The van der Waals surface area contributed by atoms with Crippen LogP contribution in [-0.4, -0.2) is 21.4 Å². The summed E-state index contributed by atoms with van der Waals surface area (Å²) in [6, 6.07) is 11.4. The Morgan fingerprint density at radius 1 is 1.13 bits per heavy atom. The van der Waals surface area contributed by atoms with Gasteiger partial charge in [-0.1, -0.05) is 30.3 Å². The number of nitrogens with one attached hydrogen (secondary N) is 1. The van der Waals surface area contributed by atoms with Gasteiger partial charge in [0.2, 0.25) is 5.91 Å². The topological polar surface area (TPSA) is 81.1 Å². The molecule has 8 heteroatoms. The fraction of sp³-hybridized carbons (Fsp3) is 0.182. The number of carbonyl (C=O) groups is 2. The van der Waals surface area contributed by atoms with E-state index in [9.17, 15) is 14.4 Å². The largest absolute Gasteiger partial charge is 0.294 e. The molecule has 0 aliphatic rings. The molecule has 3 aromatic heterocycles. The number of carbonyl (C=O) groups excluding carboxylic acids is 2. The molecule has 1 N–H and O–H groups in total. The van der Waals surface area contributed by atoms with E-state index in [4.69, 9.17) is 0 Å². The molecule has 0 aliphatic carbocycles. The molecule has 4 rings (SSSR count). The number of thiophene rings is 2. The van der Waals surface area contributed by atoms with Gasteiger partial charge in [0.1, 0.15) is 11.2 Å². The molecule has 3 heterocycles. The second kappa shape index (κ2) is 8.33. The summed E-state index contributed by atoms with van der Waals surface area (Å²) in [5, 5.41) is 2.36. The van der Waals surface area contributed by atoms with E-state index in [1.54, 1.807) is 11.3 Å². The van der Waals surface area contributed by atoms with Crippen molar-refractivity contribution in [1.29, 1.82) is 0 Å². The maximum absolute atomic E-state index is 13.0. The number of benzene rings is 1. The first-order valence-electron chi connectivity index (χ1n) is 9.38. The Morgan fingerprint density at radius 2 is 1.90 bits per heavy atom. The average Bonchev–Trinajstić information content (AvgIpc) is 3.32. The van der Waals surface area contributed by atoms with Gasteiger partial charge in [-0.15, -0.1) is 22.7 Å². The quantitative estimate of drug-likeness (QED) is 0.449. The molecule has 0 unspecified atom stereocenters. The molecule has 1 amide bonds. The van der Waals surface area contributed by atoms with Crippen molar-refractivity contribution in [3.63, 3.8) is 0 Å². The lowest BCUT2D eigenvalue weighted by Crippen LogP contribution is -2.33. The Morgan fingerprint density at radius 3 is 2.60 bits per heavy atom. The van der Waals surface area contributed by atoms with Gasteiger partial charge in [-0.05, 0) is 25.5 Å². The van der Waals surface area contributed by atoms with E-state index < -0.39 is 5.91 Å². The van der Waals surface area contributed by atoms with Gasteiger partial charge in [0.05, 0.1) is 5.39 Å². The SMILES string of the molecule is Cc1cc(C(=O)CCC(=O)Nn2cnc3scc(-c4ccccc4)c3c2=O)c(C)s1. The fourth-order valence-electron chi connectivity index (χ4n) is 3.30. The second-order valence-electron chi connectivity index (χ2n) is 6.90. The van der Waals surface area contributed by atoms with Crippen LogP contribution in [0.4, 0.5) is 0 Å². The number of ketones is 1. The predicted molar refractivity (Wildman–Crippen MR) is 121 cm³/mol. The monoisotopic (exact) mass is 437 g/mol. The summed E-state index contributed by atoms with van der Waals surface area (Å²) in [7, 11) is 0. The predicted octanol–water partition coefficient (Wildman–Crippen LogP) is 4.54. The molecular weight excluding hydrogens is 418 g/mol. The van der Waals surface area contributed by atoms with E-state index in [0.29, 0.717) is 15.8 Å². The molecule has 0 bridgehead atoms. The highest BCUT2D eigenvalue weighted by Crippen LogP contribution is 2.30. The van der Waals surface area contributed by atoms with E-state index in [1.807, 2.05) is 55.6 Å². The van der Waals surface area contributed by atoms with Gasteiger partial charge in [-0.25, -0.2) is 9.66 Å². The first kappa shape index (κ1) is 20.2. The first-order valence-corrected chi connectivity index (χ1v) is 11.1. The van der Waals surface area contributed by atoms with E-state index in [-0.39, 0.29) is 24.2 Å². The smallest absolute Gasteiger partial charge is 0.281 e. The zero-order chi connectivity index (χ0) is 21.3. The summed E-state index contributed by atoms with van der Waals surface area (Å²) in [5.74, 6) is -0.482. The number of rotatable bonds is 6. The van der Waals surface area contributed by atoms with Crippen molar-refractivity contribution in [2.24, 2.45) is 0 Å². The van der Waals surface area contributed by atoms with Crippen LogP contribution in [0, 0.1) is 13.8 Å². The van der Waals surface area contributed by atoms with Gasteiger partial charge in [-0.3, -0.25) is 19.8 Å². The Balaban J connectivity index is 1.52. The summed E-state index contributed by atoms with van der Waals surface area (Å²) in [4.78, 5) is 44.7. The molecule has 0 atom stereocenters. The van der Waals surface area contributed by atoms with Crippen LogP contribution < -0.4 is 11.0 Å². The number of hydrogen-bond donors (Lipinski definition) is 1. The maximum atomic E-state index is 13.0. The van der Waals surface area contributed by atoms with Crippen molar-refractivity contribution in [2.75, 3.05) is 5.43 Å². The number of nitrogens with zero attached hydrogens (tertiary/aromatic N) is 2. The third-order valence-corrected chi connectivity index (χ3v) is 6.60. The van der Waals surface area contributed by atoms with E-state index in [2.05, 4.69) is 10.4 Å². The summed E-state index contributed by atoms with van der Waals surface area (Å²) in [5.41, 5.74) is 4.58. The summed E-state index contributed by atoms with van der Waals surface area (Å²) in [6.07, 6.45) is 1.38. The van der Waals surface area contributed by atoms with Crippen LogP contribution in [0.2, 0.25) is 0 Å². The Kier molecular flexibility index (Phi) is 5.61. The highest BCUT2D eigenvalue weighted by Gasteiger charge is 2.16. The van der Waals surface area contributed by atoms with Crippen molar-refractivity contribution >= 4 is 44.6 Å². The van der Waals surface area contributed by atoms with Gasteiger partial charge in [0, 0.05) is 39.1 Å². The minimum Gasteiger partial charge on any atom is -0.294 e. The lowest BCUT2D eigenvalue weighted by Gasteiger charge is -2.08. The zero-order valence-corrected chi connectivity index (χ0v) is 18.1. The molecule has 0 aliphatic heterocycles. The molecule has 4 aromatic rings. The van der Waals surface area contributed by atoms with Gasteiger partial charge in [0.25, 0.3) is 5.56 Å². The molecule has 0 spiro atoms. The number of aryl methyl sites for hydroxylation is 2. The minimum atomic E-state index is -0.410. The van der Waals surface area contributed by atoms with Crippen LogP contribution in [0.15, 0.2) is 52.9 Å². The Hall–Kier alpha value is -3.10. The molecule has 0 radical (unpaired) electrons. The number of amides is 1. The van der Waals surface area contributed by atoms with Crippen LogP contribution in [0.5, 0.6) is 0 Å². The number of fused-ring (bicyclic) bond motifs is 1. The van der Waals surface area contributed by atoms with Gasteiger partial charge >= 0.3 is 0 Å². The van der Waals surface area contributed by atoms with Crippen molar-refractivity contribution in [3.8, 4) is 11.1 Å². The zero-order valence-electron chi connectivity index (χ0n) is 16.5. The van der Waals surface area contributed by atoms with Crippen LogP contribution in [-0.2, 0) is 4.79 Å². The van der Waals surface area contributed by atoms with Crippen LogP contribution >= 0.6 is 22.7 Å². The third-order valence-electron chi connectivity index (χ3n) is 4.75. The molecule has 0 fully saturated rings. The fourth-order valence-corrected chi connectivity index (χ4v) is 5.15. The minimum absolute atomic E-state index is 0.00712. The van der Waals surface area contributed by atoms with Gasteiger partial charge in [0.15, 0.2) is 5.78 Å². The van der Waals surface area contributed by atoms with E-state index >= 15 is 0 Å². The van der Waals surface area contributed by atoms with Crippen molar-refractivity contribution in [3.05, 3.63) is 73.8 Å². The lowest BCUT2D eigenvalue weighted by molar-refractivity contribution is -0.117. The summed E-state index contributed by atoms with van der Waals surface area (Å²) < 4.78 is 1.09. The molecule has 0 saturated heterocycles. The Labute approximate surface area is 180 Å². The van der Waals surface area contributed by atoms with Crippen molar-refractivity contribution in [2.45, 2.75) is 26.7 Å². The molecule has 152 valence electrons. The maximum Gasteiger partial charge on any atom is 0.281 e. The molecule has 0 saturated carbocycles. The van der Waals surface area contributed by atoms with Crippen LogP contribution in [0.3, 0.4) is 0 Å². The third kappa shape index (κ3) is 3.96. The average molecular weight is 438 g/mol. The first-order chi connectivity index (χ1) is 14.4.